The molecule has 0 aromatic heterocycles. The summed E-state index contributed by atoms with van der Waals surface area (Å²) in [5.74, 6) is 0.485. The summed E-state index contributed by atoms with van der Waals surface area (Å²) in [7, 11) is 1.52. The van der Waals surface area contributed by atoms with Crippen LogP contribution in [0.25, 0.3) is 0 Å². The molecule has 0 aliphatic heterocycles. The minimum atomic E-state index is 0.124. The van der Waals surface area contributed by atoms with Gasteiger partial charge in [-0.15, -0.1) is 0 Å². The fourth-order valence-electron chi connectivity index (χ4n) is 0.883. The lowest BCUT2D eigenvalue weighted by atomic mass is 10.2. The van der Waals surface area contributed by atoms with Crippen molar-refractivity contribution < 1.29 is 9.47 Å². The zero-order valence-electron chi connectivity index (χ0n) is 7.28. The zero-order chi connectivity index (χ0) is 9.68. The van der Waals surface area contributed by atoms with Gasteiger partial charge in [-0.1, -0.05) is 0 Å². The van der Waals surface area contributed by atoms with Gasteiger partial charge in [0.2, 0.25) is 0 Å². The van der Waals surface area contributed by atoms with E-state index in [2.05, 4.69) is 0 Å². The topological polar surface area (TPSA) is 68.3 Å². The summed E-state index contributed by atoms with van der Waals surface area (Å²) < 4.78 is 9.84. The Morgan fingerprint density at radius 2 is 2.31 bits per heavy atom. The second-order valence-electron chi connectivity index (χ2n) is 2.42. The van der Waals surface area contributed by atoms with Gasteiger partial charge >= 0.3 is 0 Å². The minimum absolute atomic E-state index is 0.124. The van der Waals surface area contributed by atoms with Crippen LogP contribution in [0.1, 0.15) is 5.56 Å². The molecule has 1 rings (SSSR count). The number of benzene rings is 1. The number of anilines is 1. The lowest BCUT2D eigenvalue weighted by Crippen LogP contribution is -2.00. The summed E-state index contributed by atoms with van der Waals surface area (Å²) in [6.07, 6.45) is 0. The Labute approximate surface area is 76.5 Å². The van der Waals surface area contributed by atoms with Crippen molar-refractivity contribution in [3.63, 3.8) is 0 Å². The normalized spacial score (nSPS) is 9.23. The average Bonchev–Trinajstić information content (AvgIpc) is 2.16. The first-order chi connectivity index (χ1) is 6.27. The zero-order valence-corrected chi connectivity index (χ0v) is 7.28. The van der Waals surface area contributed by atoms with Crippen LogP contribution in [-0.4, -0.2) is 13.9 Å². The maximum atomic E-state index is 8.72. The molecule has 0 radical (unpaired) electrons. The first-order valence-corrected chi connectivity index (χ1v) is 3.69. The molecule has 4 nitrogen and oxygen atoms in total. The van der Waals surface area contributed by atoms with Gasteiger partial charge in [-0.2, -0.15) is 5.26 Å². The van der Waals surface area contributed by atoms with Gasteiger partial charge in [0, 0.05) is 12.8 Å². The highest BCUT2D eigenvalue weighted by Crippen LogP contribution is 2.20. The highest BCUT2D eigenvalue weighted by molar-refractivity contribution is 5.53. The Morgan fingerprint density at radius 1 is 1.54 bits per heavy atom. The van der Waals surface area contributed by atoms with Crippen LogP contribution in [0, 0.1) is 11.3 Å². The van der Waals surface area contributed by atoms with E-state index in [0.29, 0.717) is 17.0 Å². The van der Waals surface area contributed by atoms with Gasteiger partial charge in [0.05, 0.1) is 5.56 Å². The number of ether oxygens (including phenoxy) is 2. The molecule has 68 valence electrons. The summed E-state index contributed by atoms with van der Waals surface area (Å²) in [6.45, 7) is 0.124. The number of nitrogen functional groups attached to an aromatic ring is 1. The molecule has 4 heteroatoms. The van der Waals surface area contributed by atoms with Gasteiger partial charge in [-0.25, -0.2) is 0 Å². The molecular formula is C9H10N2O2. The Balaban J connectivity index is 2.88. The fourth-order valence-corrected chi connectivity index (χ4v) is 0.883. The van der Waals surface area contributed by atoms with Crippen LogP contribution in [0.5, 0.6) is 5.75 Å². The lowest BCUT2D eigenvalue weighted by Gasteiger charge is -2.06. The summed E-state index contributed by atoms with van der Waals surface area (Å²) in [6, 6.07) is 6.86. The summed E-state index contributed by atoms with van der Waals surface area (Å²) in [4.78, 5) is 0. The van der Waals surface area contributed by atoms with Crippen LogP contribution in [0.2, 0.25) is 0 Å². The molecule has 0 saturated carbocycles. The van der Waals surface area contributed by atoms with Gasteiger partial charge in [0.1, 0.15) is 11.8 Å². The third-order valence-corrected chi connectivity index (χ3v) is 1.46. The summed E-state index contributed by atoms with van der Waals surface area (Å²) in [5, 5.41) is 8.72. The quantitative estimate of drug-likeness (QED) is 0.556. The van der Waals surface area contributed by atoms with Crippen molar-refractivity contribution in [3.8, 4) is 11.8 Å². The molecule has 0 fully saturated rings. The maximum Gasteiger partial charge on any atom is 0.188 e. The van der Waals surface area contributed by atoms with Gasteiger partial charge in [0.25, 0.3) is 0 Å². The third-order valence-electron chi connectivity index (χ3n) is 1.46. The second-order valence-corrected chi connectivity index (χ2v) is 2.42. The van der Waals surface area contributed by atoms with E-state index < -0.39 is 0 Å². The molecule has 0 heterocycles. The first-order valence-electron chi connectivity index (χ1n) is 3.69. The number of hydrogen-bond acceptors (Lipinski definition) is 4. The molecular weight excluding hydrogens is 168 g/mol. The van der Waals surface area contributed by atoms with E-state index in [-0.39, 0.29) is 6.79 Å². The number of nitrogens with two attached hydrogens (primary N) is 1. The summed E-state index contributed by atoms with van der Waals surface area (Å²) >= 11 is 0. The van der Waals surface area contributed by atoms with Crippen molar-refractivity contribution in [1.29, 1.82) is 5.26 Å². The van der Waals surface area contributed by atoms with Crippen molar-refractivity contribution in [2.45, 2.75) is 0 Å². The molecule has 0 aliphatic carbocycles. The van der Waals surface area contributed by atoms with Gasteiger partial charge in [-0.05, 0) is 18.2 Å². The standard InChI is InChI=1S/C9H10N2O2/c1-12-6-13-9-3-2-8(11)4-7(9)5-10/h2-4H,6,11H2,1H3. The van der Waals surface area contributed by atoms with Crippen molar-refractivity contribution in [2.24, 2.45) is 0 Å². The van der Waals surface area contributed by atoms with Crippen LogP contribution >= 0.6 is 0 Å². The van der Waals surface area contributed by atoms with E-state index in [1.54, 1.807) is 18.2 Å². The van der Waals surface area contributed by atoms with E-state index in [1.165, 1.54) is 7.11 Å². The SMILES string of the molecule is COCOc1ccc(N)cc1C#N. The number of nitrogens with zero attached hydrogens (tertiary/aromatic N) is 1. The number of rotatable bonds is 3. The largest absolute Gasteiger partial charge is 0.466 e. The van der Waals surface area contributed by atoms with Crippen molar-refractivity contribution in [2.75, 3.05) is 19.6 Å². The van der Waals surface area contributed by atoms with Gasteiger partial charge < -0.3 is 15.2 Å². The Morgan fingerprint density at radius 3 is 2.92 bits per heavy atom. The predicted molar refractivity (Wildman–Crippen MR) is 48.1 cm³/mol. The molecule has 0 spiro atoms. The van der Waals surface area contributed by atoms with Crippen LogP contribution in [0.15, 0.2) is 18.2 Å². The lowest BCUT2D eigenvalue weighted by molar-refractivity contribution is 0.0509. The Bertz CT molecular complexity index is 331. The Hall–Kier alpha value is -1.73. The second kappa shape index (κ2) is 4.33. The van der Waals surface area contributed by atoms with Crippen molar-refractivity contribution in [1.82, 2.24) is 0 Å². The average molecular weight is 178 g/mol. The highest BCUT2D eigenvalue weighted by atomic mass is 16.7. The molecule has 0 atom stereocenters. The van der Waals surface area contributed by atoms with Gasteiger partial charge in [0.15, 0.2) is 6.79 Å². The summed E-state index contributed by atoms with van der Waals surface area (Å²) in [5.41, 5.74) is 6.45. The molecule has 0 amide bonds. The van der Waals surface area contributed by atoms with Crippen molar-refractivity contribution in [3.05, 3.63) is 23.8 Å². The molecule has 0 unspecified atom stereocenters. The first kappa shape index (κ1) is 9.36. The van der Waals surface area contributed by atoms with Crippen LogP contribution in [0.3, 0.4) is 0 Å². The number of hydrogen-bond donors (Lipinski definition) is 1. The van der Waals surface area contributed by atoms with Crippen LogP contribution in [0.4, 0.5) is 5.69 Å². The predicted octanol–water partition coefficient (Wildman–Crippen LogP) is 1.12. The highest BCUT2D eigenvalue weighted by Gasteiger charge is 2.02. The molecule has 1 aromatic carbocycles. The van der Waals surface area contributed by atoms with Crippen LogP contribution in [-0.2, 0) is 4.74 Å². The van der Waals surface area contributed by atoms with Gasteiger partial charge in [-0.3, -0.25) is 0 Å². The Kier molecular flexibility index (Phi) is 3.12. The van der Waals surface area contributed by atoms with E-state index in [4.69, 9.17) is 20.5 Å². The molecule has 0 saturated heterocycles. The van der Waals surface area contributed by atoms with E-state index in [9.17, 15) is 0 Å². The number of nitriles is 1. The molecule has 0 aliphatic rings. The molecule has 13 heavy (non-hydrogen) atoms. The van der Waals surface area contributed by atoms with E-state index >= 15 is 0 Å². The smallest absolute Gasteiger partial charge is 0.188 e. The van der Waals surface area contributed by atoms with Crippen LogP contribution < -0.4 is 10.5 Å². The van der Waals surface area contributed by atoms with Crippen molar-refractivity contribution >= 4 is 5.69 Å². The third kappa shape index (κ3) is 2.36. The minimum Gasteiger partial charge on any atom is -0.466 e. The molecule has 1 aromatic rings. The molecule has 2 N–H and O–H groups in total. The fraction of sp³-hybridized carbons (Fsp3) is 0.222. The number of methoxy groups -OCH3 is 1. The monoisotopic (exact) mass is 178 g/mol. The van der Waals surface area contributed by atoms with E-state index in [0.717, 1.165) is 0 Å². The molecule has 0 bridgehead atoms. The van der Waals surface area contributed by atoms with E-state index in [1.807, 2.05) is 6.07 Å². The maximum absolute atomic E-state index is 8.72.